The van der Waals surface area contributed by atoms with E-state index < -0.39 is 0 Å². The first-order valence-corrected chi connectivity index (χ1v) is 6.35. The van der Waals surface area contributed by atoms with Gasteiger partial charge in [0.25, 0.3) is 0 Å². The van der Waals surface area contributed by atoms with E-state index in [1.54, 1.807) is 18.9 Å². The average Bonchev–Trinajstić information content (AvgIpc) is 2.15. The summed E-state index contributed by atoms with van der Waals surface area (Å²) in [6, 6.07) is 0.0552. The van der Waals surface area contributed by atoms with Crippen molar-refractivity contribution in [2.75, 3.05) is 25.2 Å². The van der Waals surface area contributed by atoms with Gasteiger partial charge in [0.2, 0.25) is 5.91 Å². The van der Waals surface area contributed by atoms with Gasteiger partial charge in [0.1, 0.15) is 0 Å². The van der Waals surface area contributed by atoms with Crippen molar-refractivity contribution in [2.24, 2.45) is 5.73 Å². The summed E-state index contributed by atoms with van der Waals surface area (Å²) in [6.07, 6.45) is 1.01. The lowest BCUT2D eigenvalue weighted by molar-refractivity contribution is -0.119. The van der Waals surface area contributed by atoms with E-state index in [0.717, 1.165) is 24.5 Å². The van der Waals surface area contributed by atoms with E-state index in [1.165, 1.54) is 0 Å². The summed E-state index contributed by atoms with van der Waals surface area (Å²) in [4.78, 5) is 11.1. The standard InChI is InChI=1S/C10H22N2O2S/c1-8(2)12-9(10(11)13)7-15-6-4-5-14-3/h8-9,12H,4-7H2,1-3H3,(H2,11,13). The van der Waals surface area contributed by atoms with E-state index in [4.69, 9.17) is 10.5 Å². The van der Waals surface area contributed by atoms with Gasteiger partial charge in [-0.05, 0) is 12.2 Å². The molecule has 3 N–H and O–H groups in total. The van der Waals surface area contributed by atoms with Crippen LogP contribution >= 0.6 is 11.8 Å². The second-order valence-electron chi connectivity index (χ2n) is 3.70. The summed E-state index contributed by atoms with van der Waals surface area (Å²) in [5.41, 5.74) is 5.29. The third kappa shape index (κ3) is 8.72. The van der Waals surface area contributed by atoms with E-state index in [-0.39, 0.29) is 18.0 Å². The number of primary amides is 1. The Morgan fingerprint density at radius 2 is 2.20 bits per heavy atom. The molecule has 90 valence electrons. The lowest BCUT2D eigenvalue weighted by atomic mass is 10.3. The lowest BCUT2D eigenvalue weighted by Gasteiger charge is -2.17. The summed E-state index contributed by atoms with van der Waals surface area (Å²) in [5, 5.41) is 3.14. The molecule has 0 rings (SSSR count). The number of methoxy groups -OCH3 is 1. The quantitative estimate of drug-likeness (QED) is 0.574. The Balaban J connectivity index is 3.62. The fourth-order valence-electron chi connectivity index (χ4n) is 1.12. The Morgan fingerprint density at radius 3 is 2.67 bits per heavy atom. The highest BCUT2D eigenvalue weighted by atomic mass is 32.2. The zero-order valence-corrected chi connectivity index (χ0v) is 10.6. The highest BCUT2D eigenvalue weighted by molar-refractivity contribution is 7.99. The minimum absolute atomic E-state index is 0.224. The Bertz CT molecular complexity index is 177. The van der Waals surface area contributed by atoms with Crippen molar-refractivity contribution in [3.63, 3.8) is 0 Å². The summed E-state index contributed by atoms with van der Waals surface area (Å²) in [5.74, 6) is 1.46. The zero-order valence-electron chi connectivity index (χ0n) is 9.79. The highest BCUT2D eigenvalue weighted by Crippen LogP contribution is 2.05. The molecule has 4 nitrogen and oxygen atoms in total. The van der Waals surface area contributed by atoms with Gasteiger partial charge in [-0.25, -0.2) is 0 Å². The van der Waals surface area contributed by atoms with Gasteiger partial charge >= 0.3 is 0 Å². The number of nitrogens with one attached hydrogen (secondary N) is 1. The number of amides is 1. The molecule has 15 heavy (non-hydrogen) atoms. The van der Waals surface area contributed by atoms with Gasteiger partial charge < -0.3 is 15.8 Å². The van der Waals surface area contributed by atoms with Crippen LogP contribution in [-0.4, -0.2) is 43.2 Å². The van der Waals surface area contributed by atoms with Crippen LogP contribution in [0.15, 0.2) is 0 Å². The van der Waals surface area contributed by atoms with Gasteiger partial charge in [0.15, 0.2) is 0 Å². The molecule has 0 heterocycles. The maximum Gasteiger partial charge on any atom is 0.235 e. The third-order valence-electron chi connectivity index (χ3n) is 1.80. The average molecular weight is 234 g/mol. The molecule has 0 aromatic rings. The Labute approximate surface area is 96.3 Å². The van der Waals surface area contributed by atoms with Crippen molar-refractivity contribution in [3.8, 4) is 0 Å². The van der Waals surface area contributed by atoms with Crippen LogP contribution in [-0.2, 0) is 9.53 Å². The van der Waals surface area contributed by atoms with E-state index in [1.807, 2.05) is 13.8 Å². The van der Waals surface area contributed by atoms with E-state index in [2.05, 4.69) is 5.32 Å². The molecule has 0 aromatic carbocycles. The molecular formula is C10H22N2O2S. The van der Waals surface area contributed by atoms with Gasteiger partial charge in [-0.1, -0.05) is 13.8 Å². The fraction of sp³-hybridized carbons (Fsp3) is 0.900. The predicted molar refractivity (Wildman–Crippen MR) is 65.1 cm³/mol. The zero-order chi connectivity index (χ0) is 11.7. The molecule has 1 unspecified atom stereocenters. The molecule has 0 radical (unpaired) electrons. The molecule has 0 aliphatic rings. The first-order valence-electron chi connectivity index (χ1n) is 5.20. The number of nitrogens with two attached hydrogens (primary N) is 1. The number of thioether (sulfide) groups is 1. The van der Waals surface area contributed by atoms with Crippen molar-refractivity contribution in [3.05, 3.63) is 0 Å². The number of carbonyl (C=O) groups excluding carboxylic acids is 1. The topological polar surface area (TPSA) is 64.3 Å². The molecule has 0 aliphatic heterocycles. The second-order valence-corrected chi connectivity index (χ2v) is 4.85. The number of ether oxygens (including phenoxy) is 1. The van der Waals surface area contributed by atoms with Gasteiger partial charge in [0.05, 0.1) is 6.04 Å². The van der Waals surface area contributed by atoms with Crippen LogP contribution < -0.4 is 11.1 Å². The van der Waals surface area contributed by atoms with E-state index in [0.29, 0.717) is 0 Å². The summed E-state index contributed by atoms with van der Waals surface area (Å²) in [7, 11) is 1.69. The van der Waals surface area contributed by atoms with Crippen molar-refractivity contribution in [2.45, 2.75) is 32.4 Å². The summed E-state index contributed by atoms with van der Waals surface area (Å²) >= 11 is 1.73. The number of carbonyl (C=O) groups is 1. The van der Waals surface area contributed by atoms with Gasteiger partial charge in [-0.2, -0.15) is 11.8 Å². The first-order chi connectivity index (χ1) is 7.07. The third-order valence-corrected chi connectivity index (χ3v) is 2.95. The molecule has 0 fully saturated rings. The maximum absolute atomic E-state index is 11.1. The molecule has 5 heteroatoms. The Morgan fingerprint density at radius 1 is 1.53 bits per heavy atom. The van der Waals surface area contributed by atoms with Crippen LogP contribution in [0.4, 0.5) is 0 Å². The smallest absolute Gasteiger partial charge is 0.235 e. The minimum Gasteiger partial charge on any atom is -0.385 e. The van der Waals surface area contributed by atoms with Gasteiger partial charge in [-0.3, -0.25) is 4.79 Å². The molecular weight excluding hydrogens is 212 g/mol. The summed E-state index contributed by atoms with van der Waals surface area (Å²) in [6.45, 7) is 4.78. The van der Waals surface area contributed by atoms with E-state index >= 15 is 0 Å². The normalized spacial score (nSPS) is 13.1. The summed E-state index contributed by atoms with van der Waals surface area (Å²) < 4.78 is 4.94. The number of rotatable bonds is 9. The predicted octanol–water partition coefficient (Wildman–Crippen LogP) is 0.608. The monoisotopic (exact) mass is 234 g/mol. The fourth-order valence-corrected chi connectivity index (χ4v) is 2.11. The molecule has 1 atom stereocenters. The largest absolute Gasteiger partial charge is 0.385 e. The molecule has 0 saturated heterocycles. The van der Waals surface area contributed by atoms with Gasteiger partial charge in [0, 0.05) is 25.5 Å². The van der Waals surface area contributed by atoms with Gasteiger partial charge in [-0.15, -0.1) is 0 Å². The van der Waals surface area contributed by atoms with Crippen molar-refractivity contribution >= 4 is 17.7 Å². The number of hydrogen-bond donors (Lipinski definition) is 2. The number of hydrogen-bond acceptors (Lipinski definition) is 4. The molecule has 0 spiro atoms. The van der Waals surface area contributed by atoms with Crippen molar-refractivity contribution in [1.82, 2.24) is 5.32 Å². The SMILES string of the molecule is COCCCSCC(NC(C)C)C(N)=O. The van der Waals surface area contributed by atoms with Crippen molar-refractivity contribution < 1.29 is 9.53 Å². The molecule has 0 saturated carbocycles. The lowest BCUT2D eigenvalue weighted by Crippen LogP contribution is -2.46. The molecule has 0 bridgehead atoms. The van der Waals surface area contributed by atoms with Crippen LogP contribution in [0, 0.1) is 0 Å². The van der Waals surface area contributed by atoms with Crippen LogP contribution in [0.2, 0.25) is 0 Å². The Kier molecular flexibility index (Phi) is 8.85. The minimum atomic E-state index is -0.275. The first kappa shape index (κ1) is 14.7. The van der Waals surface area contributed by atoms with E-state index in [9.17, 15) is 4.79 Å². The molecule has 1 amide bonds. The van der Waals surface area contributed by atoms with Crippen LogP contribution in [0.1, 0.15) is 20.3 Å². The maximum atomic E-state index is 11.1. The Hall–Kier alpha value is -0.260. The van der Waals surface area contributed by atoms with Crippen LogP contribution in [0.5, 0.6) is 0 Å². The van der Waals surface area contributed by atoms with Crippen LogP contribution in [0.3, 0.4) is 0 Å². The second kappa shape index (κ2) is 9.00. The molecule has 0 aliphatic carbocycles. The van der Waals surface area contributed by atoms with Crippen LogP contribution in [0.25, 0.3) is 0 Å². The highest BCUT2D eigenvalue weighted by Gasteiger charge is 2.15. The molecule has 0 aromatic heterocycles. The van der Waals surface area contributed by atoms with Crippen molar-refractivity contribution in [1.29, 1.82) is 0 Å².